The second kappa shape index (κ2) is 13.1. The van der Waals surface area contributed by atoms with E-state index in [1.165, 1.54) is 27.1 Å². The summed E-state index contributed by atoms with van der Waals surface area (Å²) in [5.41, 5.74) is 10.8. The van der Waals surface area contributed by atoms with Crippen LogP contribution < -0.4 is 0 Å². The summed E-state index contributed by atoms with van der Waals surface area (Å²) in [7, 11) is 0. The van der Waals surface area contributed by atoms with Crippen LogP contribution in [-0.2, 0) is 0 Å². The number of rotatable bonds is 5. The molecule has 13 aromatic rings. The van der Waals surface area contributed by atoms with Gasteiger partial charge in [0.1, 0.15) is 11.2 Å². The molecule has 0 bridgehead atoms. The SMILES string of the molecule is c1ccc(-c2nc(-c3ccccc3)nc(-c3cc(-n4c5ccccc5c5cc6c7ccccc7n(-c7ccccc7)c6cc54)cc4c3oc3cc5ccccc5cc34)n2)cc1. The lowest BCUT2D eigenvalue weighted by atomic mass is 10.0. The van der Waals surface area contributed by atoms with E-state index in [0.717, 1.165) is 77.3 Å². The first kappa shape index (κ1) is 33.6. The van der Waals surface area contributed by atoms with E-state index in [1.807, 2.05) is 60.7 Å². The third-order valence-electron chi connectivity index (χ3n) is 12.1. The van der Waals surface area contributed by atoms with Gasteiger partial charge in [0.25, 0.3) is 0 Å². The van der Waals surface area contributed by atoms with Gasteiger partial charge in [0.15, 0.2) is 17.5 Å². The molecular weight excluding hydrogens is 747 g/mol. The van der Waals surface area contributed by atoms with E-state index in [-0.39, 0.29) is 0 Å². The molecule has 61 heavy (non-hydrogen) atoms. The summed E-state index contributed by atoms with van der Waals surface area (Å²) in [5.74, 6) is 1.73. The first-order valence-corrected chi connectivity index (χ1v) is 20.5. The number of nitrogens with zero attached hydrogens (tertiary/aromatic N) is 5. The number of hydrogen-bond donors (Lipinski definition) is 0. The average Bonchev–Trinajstić information content (AvgIpc) is 3.97. The molecule has 0 saturated heterocycles. The lowest BCUT2D eigenvalue weighted by molar-refractivity contribution is 0.670. The zero-order valence-corrected chi connectivity index (χ0v) is 32.7. The molecule has 0 N–H and O–H groups in total. The molecular formula is C55H33N5O. The maximum absolute atomic E-state index is 6.93. The number of para-hydroxylation sites is 3. The maximum Gasteiger partial charge on any atom is 0.167 e. The van der Waals surface area contributed by atoms with E-state index in [0.29, 0.717) is 17.5 Å². The Bertz CT molecular complexity index is 3810. The molecule has 0 aliphatic heterocycles. The van der Waals surface area contributed by atoms with Crippen molar-refractivity contribution in [2.24, 2.45) is 0 Å². The zero-order valence-electron chi connectivity index (χ0n) is 32.7. The van der Waals surface area contributed by atoms with Gasteiger partial charge in [-0.1, -0.05) is 140 Å². The third-order valence-corrected chi connectivity index (χ3v) is 12.1. The Morgan fingerprint density at radius 2 is 0.836 bits per heavy atom. The number of furan rings is 1. The molecule has 4 heterocycles. The second-order valence-electron chi connectivity index (χ2n) is 15.6. The van der Waals surface area contributed by atoms with Gasteiger partial charge in [-0.2, -0.15) is 0 Å². The quantitative estimate of drug-likeness (QED) is 0.175. The van der Waals surface area contributed by atoms with Gasteiger partial charge < -0.3 is 13.6 Å². The first-order chi connectivity index (χ1) is 30.2. The van der Waals surface area contributed by atoms with Crippen LogP contribution in [0.15, 0.2) is 205 Å². The van der Waals surface area contributed by atoms with E-state index in [2.05, 4.69) is 149 Å². The monoisotopic (exact) mass is 779 g/mol. The molecule has 6 heteroatoms. The van der Waals surface area contributed by atoms with Crippen LogP contribution in [0, 0.1) is 0 Å². The molecule has 0 radical (unpaired) electrons. The Labute approximate surface area is 349 Å². The van der Waals surface area contributed by atoms with Crippen molar-refractivity contribution in [2.75, 3.05) is 0 Å². The fourth-order valence-electron chi connectivity index (χ4n) is 9.34. The van der Waals surface area contributed by atoms with Crippen LogP contribution in [0.4, 0.5) is 0 Å². The zero-order chi connectivity index (χ0) is 40.0. The number of fused-ring (bicyclic) bond motifs is 10. The van der Waals surface area contributed by atoms with Gasteiger partial charge in [-0.3, -0.25) is 0 Å². The molecule has 0 aliphatic carbocycles. The molecule has 0 spiro atoms. The lowest BCUT2D eigenvalue weighted by Gasteiger charge is -2.13. The smallest absolute Gasteiger partial charge is 0.167 e. The largest absolute Gasteiger partial charge is 0.455 e. The topological polar surface area (TPSA) is 61.7 Å². The van der Waals surface area contributed by atoms with E-state index < -0.39 is 0 Å². The minimum atomic E-state index is 0.538. The highest BCUT2D eigenvalue weighted by atomic mass is 16.3. The summed E-state index contributed by atoms with van der Waals surface area (Å²) in [6.45, 7) is 0. The highest BCUT2D eigenvalue weighted by molar-refractivity contribution is 6.20. The molecule has 6 nitrogen and oxygen atoms in total. The van der Waals surface area contributed by atoms with Crippen LogP contribution in [0.25, 0.3) is 122 Å². The molecule has 0 saturated carbocycles. The van der Waals surface area contributed by atoms with Gasteiger partial charge in [0.2, 0.25) is 0 Å². The molecule has 0 atom stereocenters. The number of aromatic nitrogens is 5. The minimum Gasteiger partial charge on any atom is -0.455 e. The van der Waals surface area contributed by atoms with Gasteiger partial charge in [-0.05, 0) is 71.4 Å². The second-order valence-corrected chi connectivity index (χ2v) is 15.6. The summed E-state index contributed by atoms with van der Waals surface area (Å²) >= 11 is 0. The van der Waals surface area contributed by atoms with Crippen molar-refractivity contribution < 1.29 is 4.42 Å². The minimum absolute atomic E-state index is 0.538. The van der Waals surface area contributed by atoms with Crippen LogP contribution in [0.3, 0.4) is 0 Å². The molecule has 9 aromatic carbocycles. The van der Waals surface area contributed by atoms with E-state index >= 15 is 0 Å². The summed E-state index contributed by atoms with van der Waals surface area (Å²) in [4.78, 5) is 15.5. The van der Waals surface area contributed by atoms with Gasteiger partial charge in [0, 0.05) is 54.8 Å². The van der Waals surface area contributed by atoms with Crippen LogP contribution in [0.5, 0.6) is 0 Å². The van der Waals surface area contributed by atoms with Gasteiger partial charge in [-0.15, -0.1) is 0 Å². The number of benzene rings is 9. The summed E-state index contributed by atoms with van der Waals surface area (Å²) in [6.07, 6.45) is 0. The third kappa shape index (κ3) is 5.19. The van der Waals surface area contributed by atoms with Crippen molar-refractivity contribution in [3.63, 3.8) is 0 Å². The van der Waals surface area contributed by atoms with Crippen molar-refractivity contribution in [1.82, 2.24) is 24.1 Å². The lowest BCUT2D eigenvalue weighted by Crippen LogP contribution is -2.01. The fraction of sp³-hybridized carbons (Fsp3) is 0. The Balaban J connectivity index is 1.16. The van der Waals surface area contributed by atoms with Crippen molar-refractivity contribution in [3.8, 4) is 45.5 Å². The fourth-order valence-corrected chi connectivity index (χ4v) is 9.34. The molecule has 13 rings (SSSR count). The summed E-state index contributed by atoms with van der Waals surface area (Å²) < 4.78 is 11.7. The van der Waals surface area contributed by atoms with E-state index in [4.69, 9.17) is 19.4 Å². The normalized spacial score (nSPS) is 11.9. The highest BCUT2D eigenvalue weighted by Gasteiger charge is 2.23. The van der Waals surface area contributed by atoms with Gasteiger partial charge >= 0.3 is 0 Å². The molecule has 0 unspecified atom stereocenters. The van der Waals surface area contributed by atoms with Gasteiger partial charge in [-0.25, -0.2) is 15.0 Å². The van der Waals surface area contributed by atoms with Crippen molar-refractivity contribution in [2.45, 2.75) is 0 Å². The Morgan fingerprint density at radius 3 is 1.46 bits per heavy atom. The summed E-state index contributed by atoms with van der Waals surface area (Å²) in [5, 5.41) is 9.08. The van der Waals surface area contributed by atoms with Crippen LogP contribution in [-0.4, -0.2) is 24.1 Å². The molecule has 0 aliphatic rings. The first-order valence-electron chi connectivity index (χ1n) is 20.5. The molecule has 4 aromatic heterocycles. The highest BCUT2D eigenvalue weighted by Crippen LogP contribution is 2.43. The standard InChI is InChI=1S/C55H33N5O/c1-4-16-34(17-5-1)53-56-54(35-18-6-2-7-19-35)58-55(57-53)46-31-39(30-45-44-28-36-20-10-11-21-37(36)29-51(44)61-52(45)46)60-48-27-15-13-25-41(48)43-32-42-40-24-12-14-26-47(40)59(49(42)33-50(43)60)38-22-8-3-9-23-38/h1-33H. The predicted molar refractivity (Wildman–Crippen MR) is 250 cm³/mol. The van der Waals surface area contributed by atoms with Gasteiger partial charge in [0.05, 0.1) is 27.6 Å². The van der Waals surface area contributed by atoms with Crippen molar-refractivity contribution in [1.29, 1.82) is 0 Å². The Hall–Kier alpha value is -8.35. The van der Waals surface area contributed by atoms with Crippen LogP contribution >= 0.6 is 0 Å². The molecule has 0 fully saturated rings. The van der Waals surface area contributed by atoms with E-state index in [9.17, 15) is 0 Å². The predicted octanol–water partition coefficient (Wildman–Crippen LogP) is 14.1. The number of hydrogen-bond acceptors (Lipinski definition) is 4. The Kier molecular flexibility index (Phi) is 7.21. The van der Waals surface area contributed by atoms with Crippen LogP contribution in [0.2, 0.25) is 0 Å². The van der Waals surface area contributed by atoms with Crippen molar-refractivity contribution >= 4 is 76.3 Å². The summed E-state index contributed by atoms with van der Waals surface area (Å²) in [6, 6.07) is 70.4. The average molecular weight is 780 g/mol. The maximum atomic E-state index is 6.93. The molecule has 284 valence electrons. The van der Waals surface area contributed by atoms with Crippen LogP contribution in [0.1, 0.15) is 0 Å². The molecule has 0 amide bonds. The van der Waals surface area contributed by atoms with E-state index in [1.54, 1.807) is 0 Å². The van der Waals surface area contributed by atoms with Crippen molar-refractivity contribution in [3.05, 3.63) is 200 Å². The Morgan fingerprint density at radius 1 is 0.328 bits per heavy atom.